The van der Waals surface area contributed by atoms with Gasteiger partial charge in [-0.1, -0.05) is 30.3 Å². The van der Waals surface area contributed by atoms with Gasteiger partial charge in [0.05, 0.1) is 46.2 Å². The summed E-state index contributed by atoms with van der Waals surface area (Å²) < 4.78 is 59.7. The smallest absolute Gasteiger partial charge is 0.250 e. The van der Waals surface area contributed by atoms with Gasteiger partial charge in [-0.25, -0.2) is 26.2 Å². The zero-order valence-electron chi connectivity index (χ0n) is 19.9. The van der Waals surface area contributed by atoms with Crippen LogP contribution in [0.15, 0.2) is 77.9 Å². The maximum Gasteiger partial charge on any atom is 0.250 e. The Labute approximate surface area is 214 Å². The lowest BCUT2D eigenvalue weighted by Crippen LogP contribution is -2.42. The zero-order valence-corrected chi connectivity index (χ0v) is 21.6. The molecule has 1 aliphatic heterocycles. The number of hydrogen-bond acceptors (Lipinski definition) is 6. The summed E-state index contributed by atoms with van der Waals surface area (Å²) in [7, 11) is -5.80. The number of sulfonamides is 2. The Kier molecular flexibility index (Phi) is 5.51. The fourth-order valence-electron chi connectivity index (χ4n) is 4.93. The lowest BCUT2D eigenvalue weighted by atomic mass is 10.0. The number of benzene rings is 2. The predicted octanol–water partition coefficient (Wildman–Crippen LogP) is 2.07. The number of aryl methyl sites for hydroxylation is 1. The quantitative estimate of drug-likeness (QED) is 0.400. The van der Waals surface area contributed by atoms with Crippen LogP contribution in [0.3, 0.4) is 0 Å². The van der Waals surface area contributed by atoms with Crippen molar-refractivity contribution < 1.29 is 16.8 Å². The normalized spacial score (nSPS) is 21.5. The van der Waals surface area contributed by atoms with Gasteiger partial charge >= 0.3 is 0 Å². The molecule has 2 aromatic carbocycles. The summed E-state index contributed by atoms with van der Waals surface area (Å²) in [6.07, 6.45) is 4.49. The zero-order chi connectivity index (χ0) is 25.9. The molecular weight excluding hydrogens is 514 g/mol. The van der Waals surface area contributed by atoms with E-state index < -0.39 is 37.4 Å². The van der Waals surface area contributed by atoms with Crippen molar-refractivity contribution in [3.63, 3.8) is 0 Å². The van der Waals surface area contributed by atoms with Crippen LogP contribution in [-0.4, -0.2) is 48.2 Å². The van der Waals surface area contributed by atoms with Crippen molar-refractivity contribution in [1.82, 2.24) is 19.1 Å². The second kappa shape index (κ2) is 8.54. The summed E-state index contributed by atoms with van der Waals surface area (Å²) in [6.45, 7) is 0. The molecule has 1 N–H and O–H groups in total. The summed E-state index contributed by atoms with van der Waals surface area (Å²) in [5.41, 5.74) is 2.42. The van der Waals surface area contributed by atoms with Crippen LogP contribution >= 0.6 is 0 Å². The minimum absolute atomic E-state index is 0.138. The van der Waals surface area contributed by atoms with Gasteiger partial charge in [0.2, 0.25) is 25.6 Å². The molecule has 0 unspecified atom stereocenters. The van der Waals surface area contributed by atoms with Crippen molar-refractivity contribution in [2.75, 3.05) is 10.1 Å². The van der Waals surface area contributed by atoms with E-state index >= 15 is 0 Å². The summed E-state index contributed by atoms with van der Waals surface area (Å²) in [5.74, 6) is -0.339. The van der Waals surface area contributed by atoms with E-state index in [2.05, 4.69) is 9.82 Å². The van der Waals surface area contributed by atoms with Gasteiger partial charge in [-0.05, 0) is 42.7 Å². The minimum atomic E-state index is -3.85. The maximum absolute atomic E-state index is 13.5. The van der Waals surface area contributed by atoms with Crippen molar-refractivity contribution in [2.24, 2.45) is 7.05 Å². The van der Waals surface area contributed by atoms with Gasteiger partial charge in [0.15, 0.2) is 0 Å². The van der Waals surface area contributed by atoms with Crippen LogP contribution in [0.2, 0.25) is 0 Å². The Morgan fingerprint density at radius 3 is 2.43 bits per heavy atom. The van der Waals surface area contributed by atoms with E-state index in [1.165, 1.54) is 14.9 Å². The predicted molar refractivity (Wildman–Crippen MR) is 141 cm³/mol. The highest BCUT2D eigenvalue weighted by Crippen LogP contribution is 2.41. The molecule has 2 atom stereocenters. The third-order valence-electron chi connectivity index (χ3n) is 6.86. The molecule has 4 aromatic rings. The largest absolute Gasteiger partial charge is 0.316 e. The summed E-state index contributed by atoms with van der Waals surface area (Å²) in [6, 6.07) is 15.9. The summed E-state index contributed by atoms with van der Waals surface area (Å²) in [5, 5.41) is 4.70. The van der Waals surface area contributed by atoms with E-state index in [-0.39, 0.29) is 11.3 Å². The molecule has 1 aliphatic carbocycles. The summed E-state index contributed by atoms with van der Waals surface area (Å²) in [4.78, 5) is 11.8. The Morgan fingerprint density at radius 2 is 1.73 bits per heavy atom. The van der Waals surface area contributed by atoms with Crippen molar-refractivity contribution >= 4 is 36.6 Å². The Hall–Kier alpha value is -3.48. The number of aromatic nitrogens is 3. The van der Waals surface area contributed by atoms with E-state index in [0.717, 1.165) is 5.52 Å². The van der Waals surface area contributed by atoms with Crippen LogP contribution in [0.25, 0.3) is 16.6 Å². The second-order valence-corrected chi connectivity index (χ2v) is 13.4. The molecule has 0 radical (unpaired) electrons. The van der Waals surface area contributed by atoms with Crippen LogP contribution in [0.1, 0.15) is 24.4 Å². The monoisotopic (exact) mass is 539 g/mol. The number of nitrogens with one attached hydrogen (secondary N) is 1. The topological polar surface area (TPSA) is 123 Å². The molecule has 0 spiro atoms. The van der Waals surface area contributed by atoms with Gasteiger partial charge in [-0.15, -0.1) is 0 Å². The van der Waals surface area contributed by atoms with Gasteiger partial charge in [-0.2, -0.15) is 5.10 Å². The van der Waals surface area contributed by atoms with Crippen LogP contribution in [0.4, 0.5) is 5.69 Å². The number of rotatable bonds is 6. The molecule has 0 bridgehead atoms. The van der Waals surface area contributed by atoms with Crippen LogP contribution < -0.4 is 14.6 Å². The SMILES string of the molecule is Cn1cc(-n2ncc3cc(N4[C@H](c5ccccc5)[C@@H](NS(=O)(=O)C5CC5)CS4(=O)=O)ccc32)ccc1=O. The third-order valence-corrected chi connectivity index (χ3v) is 10.7. The van der Waals surface area contributed by atoms with Crippen LogP contribution in [0.5, 0.6) is 0 Å². The molecule has 10 nitrogen and oxygen atoms in total. The first-order chi connectivity index (χ1) is 17.6. The Bertz CT molecular complexity index is 1780. The molecular formula is C25H25N5O5S2. The number of hydrogen-bond donors (Lipinski definition) is 1. The van der Waals surface area contributed by atoms with Crippen molar-refractivity contribution in [3.8, 4) is 5.69 Å². The Balaban J connectivity index is 1.43. The molecule has 6 rings (SSSR count). The number of nitrogens with zero attached hydrogens (tertiary/aromatic N) is 4. The van der Waals surface area contributed by atoms with Gasteiger partial charge < -0.3 is 4.57 Å². The van der Waals surface area contributed by atoms with Gasteiger partial charge in [0, 0.05) is 24.7 Å². The van der Waals surface area contributed by atoms with Crippen molar-refractivity contribution in [1.29, 1.82) is 0 Å². The highest BCUT2D eigenvalue weighted by atomic mass is 32.2. The van der Waals surface area contributed by atoms with Gasteiger partial charge in [0.1, 0.15) is 0 Å². The lowest BCUT2D eigenvalue weighted by Gasteiger charge is -2.29. The van der Waals surface area contributed by atoms with Crippen molar-refractivity contribution in [3.05, 3.63) is 89.0 Å². The number of pyridine rings is 1. The first-order valence-electron chi connectivity index (χ1n) is 11.9. The molecule has 12 heteroatoms. The molecule has 37 heavy (non-hydrogen) atoms. The number of anilines is 1. The average Bonchev–Trinajstić information content (AvgIpc) is 3.59. The minimum Gasteiger partial charge on any atom is -0.316 e. The van der Waals surface area contributed by atoms with E-state index in [9.17, 15) is 21.6 Å². The molecule has 1 saturated carbocycles. The fourth-order valence-corrected chi connectivity index (χ4v) is 8.54. The molecule has 2 fully saturated rings. The van der Waals surface area contributed by atoms with E-state index in [0.29, 0.717) is 35.2 Å². The highest BCUT2D eigenvalue weighted by molar-refractivity contribution is 7.93. The molecule has 1 saturated heterocycles. The van der Waals surface area contributed by atoms with Crippen molar-refractivity contribution in [2.45, 2.75) is 30.2 Å². The molecule has 0 amide bonds. The third kappa shape index (κ3) is 4.24. The van der Waals surface area contributed by atoms with E-state index in [4.69, 9.17) is 0 Å². The lowest BCUT2D eigenvalue weighted by molar-refractivity contribution is 0.535. The second-order valence-electron chi connectivity index (χ2n) is 9.53. The first kappa shape index (κ1) is 23.9. The van der Waals surface area contributed by atoms with E-state index in [1.54, 1.807) is 48.4 Å². The van der Waals surface area contributed by atoms with Crippen LogP contribution in [0, 0.1) is 0 Å². The standard InChI is InChI=1S/C25H25N5O5S2/c1-28-15-20(8-12-24(28)31)29-23-11-7-19(13-18(23)14-26-29)30-25(17-5-3-2-4-6-17)22(16-36(30,32)33)27-37(34,35)21-9-10-21/h2-8,11-15,21-22,25,27H,9-10,16H2,1H3/t22-,25+/m0/s1. The maximum atomic E-state index is 13.5. The average molecular weight is 540 g/mol. The number of fused-ring (bicyclic) bond motifs is 1. The first-order valence-corrected chi connectivity index (χ1v) is 15.0. The Morgan fingerprint density at radius 1 is 1.00 bits per heavy atom. The molecule has 192 valence electrons. The molecule has 3 heterocycles. The van der Waals surface area contributed by atoms with Gasteiger partial charge in [0.25, 0.3) is 0 Å². The van der Waals surface area contributed by atoms with Gasteiger partial charge in [-0.3, -0.25) is 9.10 Å². The van der Waals surface area contributed by atoms with Crippen LogP contribution in [-0.2, 0) is 27.1 Å². The fraction of sp³-hybridized carbons (Fsp3) is 0.280. The highest BCUT2D eigenvalue weighted by Gasteiger charge is 2.49. The van der Waals surface area contributed by atoms with E-state index in [1.807, 2.05) is 30.3 Å². The summed E-state index contributed by atoms with van der Waals surface area (Å²) >= 11 is 0. The molecule has 2 aliphatic rings. The molecule has 2 aromatic heterocycles.